The summed E-state index contributed by atoms with van der Waals surface area (Å²) in [6.45, 7) is 5.64. The molecule has 0 aromatic heterocycles. The van der Waals surface area contributed by atoms with Crippen LogP contribution >= 0.6 is 0 Å². The molecule has 1 aliphatic heterocycles. The molecule has 19 heavy (non-hydrogen) atoms. The minimum absolute atomic E-state index is 0.0300. The van der Waals surface area contributed by atoms with E-state index < -0.39 is 0 Å². The minimum atomic E-state index is -0.102. The van der Waals surface area contributed by atoms with Gasteiger partial charge in [0, 0.05) is 20.2 Å². The maximum atomic E-state index is 11.4. The zero-order chi connectivity index (χ0) is 13.9. The van der Waals surface area contributed by atoms with E-state index in [2.05, 4.69) is 4.90 Å². The van der Waals surface area contributed by atoms with Crippen LogP contribution in [0.25, 0.3) is 0 Å². The van der Waals surface area contributed by atoms with E-state index in [0.29, 0.717) is 33.0 Å². The van der Waals surface area contributed by atoms with Crippen LogP contribution in [0.1, 0.15) is 6.42 Å². The third kappa shape index (κ3) is 6.87. The van der Waals surface area contributed by atoms with Gasteiger partial charge in [-0.05, 0) is 13.0 Å². The van der Waals surface area contributed by atoms with Gasteiger partial charge in [0.05, 0.1) is 46.1 Å². The number of ether oxygens (including phenoxy) is 4. The third-order valence-electron chi connectivity index (χ3n) is 3.16. The molecule has 1 heterocycles. The van der Waals surface area contributed by atoms with Crippen LogP contribution in [0.2, 0.25) is 0 Å². The summed E-state index contributed by atoms with van der Waals surface area (Å²) in [5.74, 6) is -0.0719. The number of nitrogens with zero attached hydrogens (tertiary/aromatic N) is 1. The van der Waals surface area contributed by atoms with E-state index in [0.717, 1.165) is 26.1 Å². The van der Waals surface area contributed by atoms with Crippen LogP contribution in [-0.4, -0.2) is 77.8 Å². The molecule has 0 spiro atoms. The Bertz CT molecular complexity index is 249. The molecule has 112 valence electrons. The molecule has 0 radical (unpaired) electrons. The van der Waals surface area contributed by atoms with Crippen molar-refractivity contribution >= 4 is 5.97 Å². The SMILES string of the molecule is COCCOCCOCCN1CCC(C(=O)OC)C1. The van der Waals surface area contributed by atoms with Crippen molar-refractivity contribution in [1.82, 2.24) is 4.90 Å². The number of carbonyl (C=O) groups is 1. The van der Waals surface area contributed by atoms with Crippen LogP contribution in [0, 0.1) is 5.92 Å². The Kier molecular flexibility index (Phi) is 8.73. The lowest BCUT2D eigenvalue weighted by molar-refractivity contribution is -0.144. The number of likely N-dealkylation sites (tertiary alicyclic amines) is 1. The highest BCUT2D eigenvalue weighted by atomic mass is 16.5. The molecule has 0 aromatic carbocycles. The van der Waals surface area contributed by atoms with Crippen LogP contribution in [0.15, 0.2) is 0 Å². The molecule has 0 aromatic rings. The van der Waals surface area contributed by atoms with Gasteiger partial charge in [0.1, 0.15) is 0 Å². The molecular formula is C13H25NO5. The first-order chi connectivity index (χ1) is 9.27. The number of rotatable bonds is 10. The molecule has 1 saturated heterocycles. The van der Waals surface area contributed by atoms with E-state index in [4.69, 9.17) is 18.9 Å². The molecule has 1 fully saturated rings. The summed E-state index contributed by atoms with van der Waals surface area (Å²) in [5.41, 5.74) is 0. The standard InChI is InChI=1S/C13H25NO5/c1-16-7-8-19-10-9-18-6-5-14-4-3-12(11-14)13(15)17-2/h12H,3-11H2,1-2H3. The maximum Gasteiger partial charge on any atom is 0.310 e. The Morgan fingerprint density at radius 1 is 1.11 bits per heavy atom. The smallest absolute Gasteiger partial charge is 0.310 e. The van der Waals surface area contributed by atoms with Crippen molar-refractivity contribution in [2.45, 2.75) is 6.42 Å². The first kappa shape index (κ1) is 16.4. The van der Waals surface area contributed by atoms with Gasteiger partial charge in [-0.1, -0.05) is 0 Å². The number of hydrogen-bond donors (Lipinski definition) is 0. The van der Waals surface area contributed by atoms with Crippen LogP contribution in [0.4, 0.5) is 0 Å². The van der Waals surface area contributed by atoms with E-state index in [1.165, 1.54) is 7.11 Å². The van der Waals surface area contributed by atoms with Gasteiger partial charge in [-0.25, -0.2) is 0 Å². The van der Waals surface area contributed by atoms with Crippen molar-refractivity contribution < 1.29 is 23.7 Å². The van der Waals surface area contributed by atoms with E-state index in [9.17, 15) is 4.79 Å². The summed E-state index contributed by atoms with van der Waals surface area (Å²) in [7, 11) is 3.09. The molecule has 0 aliphatic carbocycles. The number of carbonyl (C=O) groups excluding carboxylic acids is 1. The quantitative estimate of drug-likeness (QED) is 0.418. The van der Waals surface area contributed by atoms with Gasteiger partial charge in [-0.15, -0.1) is 0 Å². The third-order valence-corrected chi connectivity index (χ3v) is 3.16. The summed E-state index contributed by atoms with van der Waals surface area (Å²) in [6.07, 6.45) is 0.882. The lowest BCUT2D eigenvalue weighted by Gasteiger charge is -2.15. The van der Waals surface area contributed by atoms with E-state index in [-0.39, 0.29) is 11.9 Å². The van der Waals surface area contributed by atoms with Crippen molar-refractivity contribution in [2.24, 2.45) is 5.92 Å². The monoisotopic (exact) mass is 275 g/mol. The van der Waals surface area contributed by atoms with Crippen LogP contribution in [0.3, 0.4) is 0 Å². The summed E-state index contributed by atoms with van der Waals surface area (Å²) in [5, 5.41) is 0. The Balaban J connectivity index is 1.92. The van der Waals surface area contributed by atoms with Crippen molar-refractivity contribution in [3.8, 4) is 0 Å². The Hall–Kier alpha value is -0.690. The fraction of sp³-hybridized carbons (Fsp3) is 0.923. The van der Waals surface area contributed by atoms with Crippen molar-refractivity contribution in [3.63, 3.8) is 0 Å². The van der Waals surface area contributed by atoms with Gasteiger partial charge in [0.25, 0.3) is 0 Å². The number of esters is 1. The number of methoxy groups -OCH3 is 2. The molecular weight excluding hydrogens is 250 g/mol. The topological polar surface area (TPSA) is 57.2 Å². The molecule has 6 nitrogen and oxygen atoms in total. The summed E-state index contributed by atoms with van der Waals surface area (Å²) >= 11 is 0. The zero-order valence-electron chi connectivity index (χ0n) is 11.9. The van der Waals surface area contributed by atoms with Gasteiger partial charge in [-0.2, -0.15) is 0 Å². The second-order valence-electron chi connectivity index (χ2n) is 4.53. The van der Waals surface area contributed by atoms with E-state index >= 15 is 0 Å². The highest BCUT2D eigenvalue weighted by Gasteiger charge is 2.28. The average molecular weight is 275 g/mol. The highest BCUT2D eigenvalue weighted by Crippen LogP contribution is 2.16. The summed E-state index contributed by atoms with van der Waals surface area (Å²) in [4.78, 5) is 13.6. The van der Waals surface area contributed by atoms with Crippen molar-refractivity contribution in [3.05, 3.63) is 0 Å². The van der Waals surface area contributed by atoms with Crippen LogP contribution in [0.5, 0.6) is 0 Å². The molecule has 0 bridgehead atoms. The Labute approximate surface area is 114 Å². The second kappa shape index (κ2) is 10.1. The second-order valence-corrected chi connectivity index (χ2v) is 4.53. The van der Waals surface area contributed by atoms with Crippen molar-refractivity contribution in [2.75, 3.05) is 66.9 Å². The van der Waals surface area contributed by atoms with Crippen molar-refractivity contribution in [1.29, 1.82) is 0 Å². The lowest BCUT2D eigenvalue weighted by Crippen LogP contribution is -2.27. The first-order valence-corrected chi connectivity index (χ1v) is 6.72. The van der Waals surface area contributed by atoms with Gasteiger partial charge in [0.15, 0.2) is 0 Å². The van der Waals surface area contributed by atoms with E-state index in [1.54, 1.807) is 7.11 Å². The molecule has 1 rings (SSSR count). The first-order valence-electron chi connectivity index (χ1n) is 6.72. The molecule has 1 aliphatic rings. The van der Waals surface area contributed by atoms with Gasteiger partial charge < -0.3 is 23.8 Å². The molecule has 0 saturated carbocycles. The lowest BCUT2D eigenvalue weighted by atomic mass is 10.1. The molecule has 0 amide bonds. The van der Waals surface area contributed by atoms with Crippen LogP contribution < -0.4 is 0 Å². The molecule has 1 unspecified atom stereocenters. The van der Waals surface area contributed by atoms with Gasteiger partial charge in [-0.3, -0.25) is 4.79 Å². The normalized spacial score (nSPS) is 19.8. The predicted octanol–water partition coefficient (Wildman–Crippen LogP) is 0.161. The summed E-state index contributed by atoms with van der Waals surface area (Å²) in [6, 6.07) is 0. The average Bonchev–Trinajstić information content (AvgIpc) is 2.89. The van der Waals surface area contributed by atoms with Crippen LogP contribution in [-0.2, 0) is 23.7 Å². The largest absolute Gasteiger partial charge is 0.469 e. The Morgan fingerprint density at radius 3 is 2.47 bits per heavy atom. The fourth-order valence-corrected chi connectivity index (χ4v) is 2.05. The van der Waals surface area contributed by atoms with Gasteiger partial charge in [0.2, 0.25) is 0 Å². The maximum absolute atomic E-state index is 11.4. The highest BCUT2D eigenvalue weighted by molar-refractivity contribution is 5.72. The van der Waals surface area contributed by atoms with E-state index in [1.807, 2.05) is 0 Å². The zero-order valence-corrected chi connectivity index (χ0v) is 11.9. The molecule has 1 atom stereocenters. The minimum Gasteiger partial charge on any atom is -0.469 e. The number of hydrogen-bond acceptors (Lipinski definition) is 6. The van der Waals surface area contributed by atoms with Gasteiger partial charge >= 0.3 is 5.97 Å². The molecule has 6 heteroatoms. The fourth-order valence-electron chi connectivity index (χ4n) is 2.05. The predicted molar refractivity (Wildman–Crippen MR) is 70.1 cm³/mol. The Morgan fingerprint density at radius 2 is 1.79 bits per heavy atom. The molecule has 0 N–H and O–H groups in total. The summed E-state index contributed by atoms with van der Waals surface area (Å²) < 4.78 is 20.4.